The van der Waals surface area contributed by atoms with Gasteiger partial charge >= 0.3 is 0 Å². The van der Waals surface area contributed by atoms with E-state index in [9.17, 15) is 4.79 Å². The Hall–Kier alpha value is -1.05. The van der Waals surface area contributed by atoms with Crippen molar-refractivity contribution in [3.8, 4) is 12.3 Å². The molecule has 0 spiro atoms. The number of likely N-dealkylation sites (tertiary alicyclic amines) is 1. The van der Waals surface area contributed by atoms with Gasteiger partial charge in [-0.3, -0.25) is 9.69 Å². The summed E-state index contributed by atoms with van der Waals surface area (Å²) in [4.78, 5) is 15.5. The molecule has 1 unspecified atom stereocenters. The number of carbonyl (C=O) groups excluding carboxylic acids is 1. The summed E-state index contributed by atoms with van der Waals surface area (Å²) < 4.78 is 0. The Balaban J connectivity index is 2.29. The van der Waals surface area contributed by atoms with Crippen molar-refractivity contribution in [1.82, 2.24) is 15.1 Å². The van der Waals surface area contributed by atoms with E-state index in [1.165, 1.54) is 0 Å². The second kappa shape index (κ2) is 8.19. The van der Waals surface area contributed by atoms with Crippen molar-refractivity contribution in [3.05, 3.63) is 0 Å². The lowest BCUT2D eigenvalue weighted by Crippen LogP contribution is -2.48. The van der Waals surface area contributed by atoms with Gasteiger partial charge in [0.25, 0.3) is 0 Å². The Kier molecular flexibility index (Phi) is 6.90. The first-order valence-electron chi connectivity index (χ1n) is 7.21. The van der Waals surface area contributed by atoms with Gasteiger partial charge in [0.15, 0.2) is 0 Å². The smallest absolute Gasteiger partial charge is 0.236 e. The van der Waals surface area contributed by atoms with E-state index >= 15 is 0 Å². The highest BCUT2D eigenvalue weighted by Gasteiger charge is 2.22. The molecular weight excluding hydrogens is 238 g/mol. The molecule has 0 radical (unpaired) electrons. The molecule has 1 rings (SSSR count). The van der Waals surface area contributed by atoms with E-state index in [1.54, 1.807) is 19.0 Å². The highest BCUT2D eigenvalue weighted by Crippen LogP contribution is 2.12. The minimum atomic E-state index is 0.180. The molecule has 1 amide bonds. The van der Waals surface area contributed by atoms with Crippen LogP contribution in [0, 0.1) is 12.3 Å². The monoisotopic (exact) mass is 265 g/mol. The Morgan fingerprint density at radius 1 is 1.47 bits per heavy atom. The Morgan fingerprint density at radius 2 is 2.11 bits per heavy atom. The van der Waals surface area contributed by atoms with Crippen molar-refractivity contribution in [3.63, 3.8) is 0 Å². The number of hydrogen-bond donors (Lipinski definition) is 1. The van der Waals surface area contributed by atoms with Crippen LogP contribution < -0.4 is 5.32 Å². The number of piperidine rings is 1. The summed E-state index contributed by atoms with van der Waals surface area (Å²) in [5.74, 6) is 3.00. The standard InChI is InChI=1S/C15H27N3O/c1-5-7-13(6-2)16-14-8-10-18(11-9-14)12-15(19)17(3)4/h2,13-14,16H,5,7-12H2,1,3-4H3. The third-order valence-corrected chi connectivity index (χ3v) is 3.66. The fourth-order valence-corrected chi connectivity index (χ4v) is 2.38. The Bertz CT molecular complexity index is 314. The molecule has 0 aromatic heterocycles. The minimum absolute atomic E-state index is 0.180. The van der Waals surface area contributed by atoms with Gasteiger partial charge < -0.3 is 10.2 Å². The summed E-state index contributed by atoms with van der Waals surface area (Å²) in [6.45, 7) is 4.63. The Labute approximate surface area is 117 Å². The van der Waals surface area contributed by atoms with Gasteiger partial charge in [0.05, 0.1) is 12.6 Å². The van der Waals surface area contributed by atoms with Crippen LogP contribution in [0.15, 0.2) is 0 Å². The van der Waals surface area contributed by atoms with Crippen LogP contribution in [0.3, 0.4) is 0 Å². The first kappa shape index (κ1) is 16.0. The van der Waals surface area contributed by atoms with Crippen molar-refractivity contribution >= 4 is 5.91 Å². The molecule has 1 saturated heterocycles. The molecule has 19 heavy (non-hydrogen) atoms. The lowest BCUT2D eigenvalue weighted by Gasteiger charge is -2.33. The largest absolute Gasteiger partial charge is 0.348 e. The maximum absolute atomic E-state index is 11.6. The molecule has 108 valence electrons. The van der Waals surface area contributed by atoms with Crippen molar-refractivity contribution in [2.24, 2.45) is 0 Å². The van der Waals surface area contributed by atoms with Crippen molar-refractivity contribution in [2.75, 3.05) is 33.7 Å². The van der Waals surface area contributed by atoms with Gasteiger partial charge in [-0.05, 0) is 19.3 Å². The molecule has 0 saturated carbocycles. The zero-order valence-electron chi connectivity index (χ0n) is 12.5. The number of hydrogen-bond acceptors (Lipinski definition) is 3. The molecular formula is C15H27N3O. The topological polar surface area (TPSA) is 35.6 Å². The van der Waals surface area contributed by atoms with E-state index in [-0.39, 0.29) is 11.9 Å². The average Bonchev–Trinajstić information content (AvgIpc) is 2.40. The predicted molar refractivity (Wildman–Crippen MR) is 78.8 cm³/mol. The van der Waals surface area contributed by atoms with Gasteiger partial charge in [-0.2, -0.15) is 0 Å². The van der Waals surface area contributed by atoms with Gasteiger partial charge in [0.1, 0.15) is 0 Å². The summed E-state index contributed by atoms with van der Waals surface area (Å²) in [6, 6.07) is 0.697. The van der Waals surface area contributed by atoms with Gasteiger partial charge in [-0.1, -0.05) is 19.3 Å². The van der Waals surface area contributed by atoms with E-state index in [4.69, 9.17) is 6.42 Å². The zero-order valence-corrected chi connectivity index (χ0v) is 12.5. The van der Waals surface area contributed by atoms with Crippen LogP contribution in [0.4, 0.5) is 0 Å². The predicted octanol–water partition coefficient (Wildman–Crippen LogP) is 0.931. The van der Waals surface area contributed by atoms with Crippen LogP contribution in [0.2, 0.25) is 0 Å². The number of nitrogens with one attached hydrogen (secondary N) is 1. The second-order valence-electron chi connectivity index (χ2n) is 5.51. The molecule has 4 nitrogen and oxygen atoms in total. The number of terminal acetylenes is 1. The molecule has 0 aliphatic carbocycles. The summed E-state index contributed by atoms with van der Waals surface area (Å²) in [6.07, 6.45) is 9.82. The third-order valence-electron chi connectivity index (χ3n) is 3.66. The zero-order chi connectivity index (χ0) is 14.3. The SMILES string of the molecule is C#CC(CCC)NC1CCN(CC(=O)N(C)C)CC1. The van der Waals surface area contributed by atoms with Gasteiger partial charge in [-0.15, -0.1) is 6.42 Å². The maximum atomic E-state index is 11.6. The summed E-state index contributed by atoms with van der Waals surface area (Å²) in [5, 5.41) is 3.55. The maximum Gasteiger partial charge on any atom is 0.236 e. The van der Waals surface area contributed by atoms with E-state index in [0.717, 1.165) is 38.8 Å². The Morgan fingerprint density at radius 3 is 2.58 bits per heavy atom. The normalized spacial score (nSPS) is 18.8. The molecule has 1 atom stereocenters. The fraction of sp³-hybridized carbons (Fsp3) is 0.800. The third kappa shape index (κ3) is 5.63. The van der Waals surface area contributed by atoms with Crippen LogP contribution >= 0.6 is 0 Å². The number of nitrogens with zero attached hydrogens (tertiary/aromatic N) is 2. The molecule has 1 aliphatic heterocycles. The summed E-state index contributed by atoms with van der Waals surface area (Å²) >= 11 is 0. The van der Waals surface area contributed by atoms with Crippen LogP contribution in [0.1, 0.15) is 32.6 Å². The van der Waals surface area contributed by atoms with Crippen molar-refractivity contribution in [2.45, 2.75) is 44.7 Å². The lowest BCUT2D eigenvalue weighted by atomic mass is 10.0. The molecule has 1 aliphatic rings. The quantitative estimate of drug-likeness (QED) is 0.726. The number of likely N-dealkylation sites (N-methyl/N-ethyl adjacent to an activating group) is 1. The molecule has 0 bridgehead atoms. The number of amides is 1. The molecule has 1 N–H and O–H groups in total. The van der Waals surface area contributed by atoms with Gasteiger partial charge in [0, 0.05) is 33.2 Å². The summed E-state index contributed by atoms with van der Waals surface area (Å²) in [5.41, 5.74) is 0. The van der Waals surface area contributed by atoms with Crippen molar-refractivity contribution in [1.29, 1.82) is 0 Å². The van der Waals surface area contributed by atoms with Crippen LogP contribution in [-0.2, 0) is 4.79 Å². The number of rotatable bonds is 6. The van der Waals surface area contributed by atoms with Crippen LogP contribution in [0.5, 0.6) is 0 Å². The molecule has 0 aromatic rings. The van der Waals surface area contributed by atoms with Crippen molar-refractivity contribution < 1.29 is 4.79 Å². The molecule has 0 aromatic carbocycles. The first-order chi connectivity index (χ1) is 9.06. The highest BCUT2D eigenvalue weighted by molar-refractivity contribution is 5.77. The fourth-order valence-electron chi connectivity index (χ4n) is 2.38. The molecule has 1 fully saturated rings. The van der Waals surface area contributed by atoms with Crippen LogP contribution in [-0.4, -0.2) is 61.5 Å². The van der Waals surface area contributed by atoms with Gasteiger partial charge in [-0.25, -0.2) is 0 Å². The highest BCUT2D eigenvalue weighted by atomic mass is 16.2. The first-order valence-corrected chi connectivity index (χ1v) is 7.21. The number of carbonyl (C=O) groups is 1. The summed E-state index contributed by atoms with van der Waals surface area (Å²) in [7, 11) is 3.61. The van der Waals surface area contributed by atoms with E-state index < -0.39 is 0 Å². The minimum Gasteiger partial charge on any atom is -0.348 e. The van der Waals surface area contributed by atoms with Crippen LogP contribution in [0.25, 0.3) is 0 Å². The molecule has 4 heteroatoms. The van der Waals surface area contributed by atoms with Gasteiger partial charge in [0.2, 0.25) is 5.91 Å². The average molecular weight is 265 g/mol. The second-order valence-corrected chi connectivity index (χ2v) is 5.51. The molecule has 1 heterocycles. The van der Waals surface area contributed by atoms with E-state index in [2.05, 4.69) is 23.1 Å². The van der Waals surface area contributed by atoms with E-state index in [0.29, 0.717) is 12.6 Å². The van der Waals surface area contributed by atoms with E-state index in [1.807, 2.05) is 0 Å². The lowest BCUT2D eigenvalue weighted by molar-refractivity contribution is -0.130.